The van der Waals surface area contributed by atoms with E-state index in [0.29, 0.717) is 19.3 Å². The van der Waals surface area contributed by atoms with Crippen molar-refractivity contribution in [2.75, 3.05) is 0 Å². The highest BCUT2D eigenvalue weighted by atomic mass is 16.5. The fraction of sp³-hybridized carbons (Fsp3) is 0.525. The van der Waals surface area contributed by atoms with Gasteiger partial charge in [-0.2, -0.15) is 0 Å². The summed E-state index contributed by atoms with van der Waals surface area (Å²) < 4.78 is 6.46. The SMILES string of the molecule is C/C(=C/C=C/C(C)=C/C=C/C=C(C)/C=C/C=C(\C)C=C=C1C(C)(C)C[C@H](O)C[C@@]1(C)O)C1C=C2C(C)(C)C[C@H](O)C[C@@]2(C)O1. The minimum absolute atomic E-state index is 0.0566. The maximum Gasteiger partial charge on any atom is 0.0982 e. The third kappa shape index (κ3) is 9.39. The van der Waals surface area contributed by atoms with Crippen molar-refractivity contribution >= 4 is 0 Å². The second-order valence-electron chi connectivity index (χ2n) is 14.9. The van der Waals surface area contributed by atoms with Crippen LogP contribution in [0.3, 0.4) is 0 Å². The zero-order valence-corrected chi connectivity index (χ0v) is 28.7. The first-order valence-corrected chi connectivity index (χ1v) is 16.0. The molecule has 44 heavy (non-hydrogen) atoms. The molecule has 3 N–H and O–H groups in total. The molecule has 5 atom stereocenters. The molecule has 2 aliphatic carbocycles. The molecule has 2 fully saturated rings. The van der Waals surface area contributed by atoms with E-state index in [4.69, 9.17) is 4.74 Å². The summed E-state index contributed by atoms with van der Waals surface area (Å²) in [6.07, 6.45) is 26.4. The molecule has 0 aromatic heterocycles. The average Bonchev–Trinajstić information content (AvgIpc) is 3.22. The van der Waals surface area contributed by atoms with E-state index < -0.39 is 17.3 Å². The number of rotatable bonds is 8. The smallest absolute Gasteiger partial charge is 0.0982 e. The fourth-order valence-corrected chi connectivity index (χ4v) is 7.21. The zero-order valence-electron chi connectivity index (χ0n) is 28.7. The summed E-state index contributed by atoms with van der Waals surface area (Å²) in [6, 6.07) is 0. The largest absolute Gasteiger partial charge is 0.393 e. The van der Waals surface area contributed by atoms with E-state index in [-0.39, 0.29) is 23.0 Å². The maximum absolute atomic E-state index is 10.9. The number of hydrogen-bond donors (Lipinski definition) is 3. The van der Waals surface area contributed by atoms with Gasteiger partial charge in [0.25, 0.3) is 0 Å². The van der Waals surface area contributed by atoms with Crippen molar-refractivity contribution in [2.24, 2.45) is 10.8 Å². The molecule has 4 nitrogen and oxygen atoms in total. The molecule has 1 heterocycles. The second kappa shape index (κ2) is 14.1. The minimum Gasteiger partial charge on any atom is -0.393 e. The lowest BCUT2D eigenvalue weighted by atomic mass is 9.65. The van der Waals surface area contributed by atoms with Crippen molar-refractivity contribution in [3.63, 3.8) is 0 Å². The Morgan fingerprint density at radius 1 is 0.727 bits per heavy atom. The van der Waals surface area contributed by atoms with E-state index in [9.17, 15) is 15.3 Å². The first-order chi connectivity index (χ1) is 20.3. The summed E-state index contributed by atoms with van der Waals surface area (Å²) in [5.41, 5.74) is 8.16. The molecule has 0 amide bonds. The molecule has 3 aliphatic rings. The lowest BCUT2D eigenvalue weighted by Gasteiger charge is -2.44. The van der Waals surface area contributed by atoms with Gasteiger partial charge in [0, 0.05) is 18.4 Å². The lowest BCUT2D eigenvalue weighted by molar-refractivity contribution is -0.0683. The van der Waals surface area contributed by atoms with E-state index >= 15 is 0 Å². The summed E-state index contributed by atoms with van der Waals surface area (Å²) in [7, 11) is 0. The Balaban J connectivity index is 1.56. The Labute approximate surface area is 267 Å². The molecule has 0 spiro atoms. The van der Waals surface area contributed by atoms with Crippen LogP contribution in [0.25, 0.3) is 0 Å². The molecule has 0 aromatic carbocycles. The molecule has 4 heteroatoms. The van der Waals surface area contributed by atoms with E-state index in [2.05, 4.69) is 104 Å². The number of fused-ring (bicyclic) bond motifs is 1. The predicted molar refractivity (Wildman–Crippen MR) is 184 cm³/mol. The average molecular weight is 601 g/mol. The Bertz CT molecular complexity index is 1360. The highest BCUT2D eigenvalue weighted by molar-refractivity contribution is 5.37. The van der Waals surface area contributed by atoms with E-state index in [0.717, 1.165) is 34.3 Å². The molecule has 240 valence electrons. The van der Waals surface area contributed by atoms with Crippen LogP contribution in [0.15, 0.2) is 112 Å². The molecule has 0 saturated heterocycles. The number of ether oxygens (including phenoxy) is 1. The van der Waals surface area contributed by atoms with E-state index in [1.807, 2.05) is 37.3 Å². The second-order valence-corrected chi connectivity index (χ2v) is 14.9. The summed E-state index contributed by atoms with van der Waals surface area (Å²) in [6.45, 7) is 20.7. The van der Waals surface area contributed by atoms with E-state index in [1.165, 1.54) is 5.57 Å². The number of aliphatic hydroxyl groups excluding tert-OH is 2. The van der Waals surface area contributed by atoms with Crippen molar-refractivity contribution < 1.29 is 20.1 Å². The van der Waals surface area contributed by atoms with E-state index in [1.54, 1.807) is 6.92 Å². The molecule has 0 aromatic rings. The maximum atomic E-state index is 10.9. The van der Waals surface area contributed by atoms with Crippen LogP contribution in [0, 0.1) is 10.8 Å². The first-order valence-electron chi connectivity index (χ1n) is 16.0. The Morgan fingerprint density at radius 2 is 1.25 bits per heavy atom. The third-order valence-corrected chi connectivity index (χ3v) is 9.13. The Hall–Kier alpha value is -2.72. The topological polar surface area (TPSA) is 69.9 Å². The van der Waals surface area contributed by atoms with Crippen LogP contribution in [-0.2, 0) is 4.74 Å². The zero-order chi connectivity index (χ0) is 32.9. The van der Waals surface area contributed by atoms with Crippen molar-refractivity contribution in [1.29, 1.82) is 0 Å². The lowest BCUT2D eigenvalue weighted by Crippen LogP contribution is -2.45. The van der Waals surface area contributed by atoms with Gasteiger partial charge in [0.2, 0.25) is 0 Å². The Kier molecular flexibility index (Phi) is 11.5. The summed E-state index contributed by atoms with van der Waals surface area (Å²) >= 11 is 0. The minimum atomic E-state index is -1.05. The summed E-state index contributed by atoms with van der Waals surface area (Å²) in [4.78, 5) is 0. The monoisotopic (exact) mass is 600 g/mol. The van der Waals surface area contributed by atoms with Crippen LogP contribution < -0.4 is 0 Å². The van der Waals surface area contributed by atoms with Crippen molar-refractivity contribution in [1.82, 2.24) is 0 Å². The van der Waals surface area contributed by atoms with Gasteiger partial charge in [-0.25, -0.2) is 0 Å². The highest BCUT2D eigenvalue weighted by Gasteiger charge is 2.50. The van der Waals surface area contributed by atoms with Gasteiger partial charge in [-0.3, -0.25) is 0 Å². The van der Waals surface area contributed by atoms with Crippen LogP contribution in [0.5, 0.6) is 0 Å². The molecular weight excluding hydrogens is 544 g/mol. The Morgan fingerprint density at radius 3 is 1.84 bits per heavy atom. The number of aliphatic hydroxyl groups is 3. The van der Waals surface area contributed by atoms with Crippen LogP contribution in [-0.4, -0.2) is 44.8 Å². The molecule has 3 rings (SSSR count). The summed E-state index contributed by atoms with van der Waals surface area (Å²) in [5, 5.41) is 31.4. The van der Waals surface area contributed by atoms with Gasteiger partial charge in [0.05, 0.1) is 29.5 Å². The molecule has 1 aliphatic heterocycles. The van der Waals surface area contributed by atoms with Gasteiger partial charge < -0.3 is 20.1 Å². The number of allylic oxidation sites excluding steroid dienone is 13. The first kappa shape index (κ1) is 35.8. The molecule has 1 unspecified atom stereocenters. The fourth-order valence-electron chi connectivity index (χ4n) is 7.21. The van der Waals surface area contributed by atoms with Crippen LogP contribution >= 0.6 is 0 Å². The normalized spacial score (nSPS) is 33.2. The van der Waals surface area contributed by atoms with Crippen LogP contribution in [0.1, 0.15) is 94.9 Å². The summed E-state index contributed by atoms with van der Waals surface area (Å²) in [5.74, 6) is 0. The van der Waals surface area contributed by atoms with Gasteiger partial charge in [0.15, 0.2) is 0 Å². The number of hydrogen-bond acceptors (Lipinski definition) is 4. The van der Waals surface area contributed by atoms with Gasteiger partial charge in [0.1, 0.15) is 0 Å². The quantitative estimate of drug-likeness (QED) is 0.148. The molecule has 0 bridgehead atoms. The van der Waals surface area contributed by atoms with Crippen molar-refractivity contribution in [3.05, 3.63) is 112 Å². The highest BCUT2D eigenvalue weighted by Crippen LogP contribution is 2.52. The van der Waals surface area contributed by atoms with Gasteiger partial charge in [-0.05, 0) is 94.1 Å². The van der Waals surface area contributed by atoms with Gasteiger partial charge in [-0.1, -0.05) is 99.6 Å². The van der Waals surface area contributed by atoms with Crippen LogP contribution in [0.2, 0.25) is 0 Å². The molecule has 0 radical (unpaired) electrons. The van der Waals surface area contributed by atoms with Gasteiger partial charge in [-0.15, -0.1) is 5.73 Å². The van der Waals surface area contributed by atoms with Crippen LogP contribution in [0.4, 0.5) is 0 Å². The molecule has 2 saturated carbocycles. The predicted octanol–water partition coefficient (Wildman–Crippen LogP) is 8.72. The van der Waals surface area contributed by atoms with Crippen molar-refractivity contribution in [2.45, 2.75) is 124 Å². The van der Waals surface area contributed by atoms with Crippen molar-refractivity contribution in [3.8, 4) is 0 Å². The van der Waals surface area contributed by atoms with Gasteiger partial charge >= 0.3 is 0 Å². The third-order valence-electron chi connectivity index (χ3n) is 9.13. The molecular formula is C40H56O4. The standard InChI is InChI=1S/C40H56O4/c1-28(17-13-18-30(3)21-22-35-37(5,6)24-32(41)26-39(35,9)43)15-11-12-16-29(2)19-14-20-31(4)34-23-36-38(7,8)25-33(42)27-40(36,10)44-34/h11-21,23,32-34,41-43H,24-27H2,1-10H3/b12-11+,17-13+,19-14+,28-15+,29-16+,30-18+,31-20-/t22?,32-,33-,34?,39+,40+/m0/s1.